The van der Waals surface area contributed by atoms with Crippen LogP contribution in [-0.4, -0.2) is 43.4 Å². The van der Waals surface area contributed by atoms with E-state index in [2.05, 4.69) is 15.0 Å². The molecule has 3 aromatic rings. The van der Waals surface area contributed by atoms with Crippen LogP contribution in [0.4, 0.5) is 0 Å². The maximum absolute atomic E-state index is 12.9. The van der Waals surface area contributed by atoms with Crippen molar-refractivity contribution in [2.45, 2.75) is 39.2 Å². The first-order valence-electron chi connectivity index (χ1n) is 10.1. The molecule has 1 saturated heterocycles. The van der Waals surface area contributed by atoms with Gasteiger partial charge < -0.3 is 4.90 Å². The van der Waals surface area contributed by atoms with Gasteiger partial charge in [-0.05, 0) is 42.9 Å². The van der Waals surface area contributed by atoms with Crippen LogP contribution in [0, 0.1) is 5.92 Å². The van der Waals surface area contributed by atoms with Crippen LogP contribution in [0.1, 0.15) is 48.7 Å². The summed E-state index contributed by atoms with van der Waals surface area (Å²) < 4.78 is 1.69. The molecule has 0 atom stereocenters. The summed E-state index contributed by atoms with van der Waals surface area (Å²) in [7, 11) is 0. The lowest BCUT2D eigenvalue weighted by Crippen LogP contribution is -2.40. The van der Waals surface area contributed by atoms with E-state index in [9.17, 15) is 9.59 Å². The Morgan fingerprint density at radius 3 is 2.48 bits per heavy atom. The van der Waals surface area contributed by atoms with Gasteiger partial charge in [-0.25, -0.2) is 4.98 Å². The molecule has 0 aliphatic carbocycles. The molecule has 1 fully saturated rings. The van der Waals surface area contributed by atoms with Crippen molar-refractivity contribution in [3.8, 4) is 0 Å². The summed E-state index contributed by atoms with van der Waals surface area (Å²) in [6, 6.07) is 7.08. The fourth-order valence-electron chi connectivity index (χ4n) is 3.77. The van der Waals surface area contributed by atoms with Crippen LogP contribution in [0.15, 0.2) is 47.8 Å². The highest BCUT2D eigenvalue weighted by Crippen LogP contribution is 2.21. The van der Waals surface area contributed by atoms with Crippen LogP contribution in [-0.2, 0) is 6.54 Å². The molecule has 1 amide bonds. The number of hydrogen-bond donors (Lipinski definition) is 0. The molecule has 1 aromatic carbocycles. The van der Waals surface area contributed by atoms with Crippen LogP contribution in [0.25, 0.3) is 11.0 Å². The summed E-state index contributed by atoms with van der Waals surface area (Å²) in [5.41, 5.74) is 2.97. The summed E-state index contributed by atoms with van der Waals surface area (Å²) in [5, 5.41) is 0. The third-order valence-corrected chi connectivity index (χ3v) is 5.57. The number of hydrogen-bond acceptors (Lipinski definition) is 5. The fourth-order valence-corrected chi connectivity index (χ4v) is 3.77. The minimum Gasteiger partial charge on any atom is -0.339 e. The van der Waals surface area contributed by atoms with E-state index in [0.717, 1.165) is 29.6 Å². The van der Waals surface area contributed by atoms with Crippen LogP contribution in [0.2, 0.25) is 0 Å². The van der Waals surface area contributed by atoms with Gasteiger partial charge in [0.1, 0.15) is 0 Å². The molecule has 3 heterocycles. The topological polar surface area (TPSA) is 81.0 Å². The zero-order chi connectivity index (χ0) is 20.4. The van der Waals surface area contributed by atoms with Crippen molar-refractivity contribution in [2.24, 2.45) is 5.92 Å². The van der Waals surface area contributed by atoms with E-state index in [4.69, 9.17) is 0 Å². The van der Waals surface area contributed by atoms with E-state index >= 15 is 0 Å². The molecule has 7 nitrogen and oxygen atoms in total. The van der Waals surface area contributed by atoms with Crippen molar-refractivity contribution in [3.63, 3.8) is 0 Å². The number of nitrogens with zero attached hydrogens (tertiary/aromatic N) is 5. The molecule has 1 aliphatic rings. The predicted molar refractivity (Wildman–Crippen MR) is 111 cm³/mol. The second-order valence-electron chi connectivity index (χ2n) is 7.95. The van der Waals surface area contributed by atoms with Crippen LogP contribution in [0.5, 0.6) is 0 Å². The van der Waals surface area contributed by atoms with Gasteiger partial charge in [0.05, 0.1) is 23.1 Å². The lowest BCUT2D eigenvalue weighted by Gasteiger charge is -2.32. The molecular formula is C22H25N5O2. The van der Waals surface area contributed by atoms with Gasteiger partial charge in [0.15, 0.2) is 0 Å². The van der Waals surface area contributed by atoms with Gasteiger partial charge in [-0.3, -0.25) is 24.1 Å². The molecule has 7 heteroatoms. The Morgan fingerprint density at radius 2 is 1.79 bits per heavy atom. The molecule has 0 saturated carbocycles. The van der Waals surface area contributed by atoms with E-state index < -0.39 is 0 Å². The van der Waals surface area contributed by atoms with Crippen molar-refractivity contribution in [1.82, 2.24) is 24.4 Å². The molecule has 1 aliphatic heterocycles. The zero-order valence-electron chi connectivity index (χ0n) is 16.8. The van der Waals surface area contributed by atoms with E-state index in [1.165, 1.54) is 0 Å². The predicted octanol–water partition coefficient (Wildman–Crippen LogP) is 2.86. The number of aromatic nitrogens is 4. The fraction of sp³-hybridized carbons (Fsp3) is 0.409. The lowest BCUT2D eigenvalue weighted by atomic mass is 9.96. The van der Waals surface area contributed by atoms with Gasteiger partial charge in [-0.2, -0.15) is 0 Å². The summed E-state index contributed by atoms with van der Waals surface area (Å²) in [6.45, 7) is 6.09. The van der Waals surface area contributed by atoms with Crippen LogP contribution >= 0.6 is 0 Å². The molecule has 4 rings (SSSR count). The third kappa shape index (κ3) is 4.18. The van der Waals surface area contributed by atoms with E-state index in [1.807, 2.05) is 30.9 Å². The summed E-state index contributed by atoms with van der Waals surface area (Å²) in [4.78, 5) is 40.0. The molecule has 0 spiro atoms. The molecule has 0 radical (unpaired) electrons. The number of carbonyl (C=O) groups is 1. The van der Waals surface area contributed by atoms with Gasteiger partial charge in [0, 0.05) is 43.7 Å². The normalized spacial score (nSPS) is 15.2. The van der Waals surface area contributed by atoms with E-state index in [-0.39, 0.29) is 17.4 Å². The van der Waals surface area contributed by atoms with Crippen molar-refractivity contribution in [3.05, 3.63) is 64.6 Å². The van der Waals surface area contributed by atoms with Crippen LogP contribution in [0.3, 0.4) is 0 Å². The Morgan fingerprint density at radius 1 is 1.07 bits per heavy atom. The quantitative estimate of drug-likeness (QED) is 0.683. The van der Waals surface area contributed by atoms with Gasteiger partial charge >= 0.3 is 0 Å². The lowest BCUT2D eigenvalue weighted by molar-refractivity contribution is 0.0682. The molecule has 0 bridgehead atoms. The zero-order valence-corrected chi connectivity index (χ0v) is 16.8. The highest BCUT2D eigenvalue weighted by molar-refractivity contribution is 5.97. The molecule has 150 valence electrons. The van der Waals surface area contributed by atoms with E-state index in [0.29, 0.717) is 31.1 Å². The first kappa shape index (κ1) is 19.2. The summed E-state index contributed by atoms with van der Waals surface area (Å²) in [5.74, 6) is 0.634. The number of carbonyl (C=O) groups excluding carboxylic acids is 1. The average molecular weight is 391 g/mol. The molecule has 0 unspecified atom stereocenters. The number of likely N-dealkylation sites (tertiary alicyclic amines) is 1. The third-order valence-electron chi connectivity index (χ3n) is 5.57. The first-order valence-corrected chi connectivity index (χ1v) is 10.1. The molecule has 29 heavy (non-hydrogen) atoms. The Labute approximate surface area is 169 Å². The monoisotopic (exact) mass is 391 g/mol. The number of benzene rings is 1. The smallest absolute Gasteiger partial charge is 0.253 e. The second-order valence-corrected chi connectivity index (χ2v) is 7.95. The highest BCUT2D eigenvalue weighted by Gasteiger charge is 2.24. The molecular weight excluding hydrogens is 366 g/mol. The van der Waals surface area contributed by atoms with Crippen molar-refractivity contribution >= 4 is 16.9 Å². The first-order chi connectivity index (χ1) is 14.0. The van der Waals surface area contributed by atoms with Gasteiger partial charge in [0.25, 0.3) is 11.5 Å². The maximum atomic E-state index is 12.9. The van der Waals surface area contributed by atoms with Gasteiger partial charge in [-0.15, -0.1) is 0 Å². The average Bonchev–Trinajstić information content (AvgIpc) is 2.74. The van der Waals surface area contributed by atoms with Gasteiger partial charge in [-0.1, -0.05) is 13.8 Å². The number of fused-ring (bicyclic) bond motifs is 1. The Kier molecular flexibility index (Phi) is 5.38. The van der Waals surface area contributed by atoms with Crippen LogP contribution < -0.4 is 5.56 Å². The van der Waals surface area contributed by atoms with Crippen molar-refractivity contribution < 1.29 is 4.79 Å². The Hall–Kier alpha value is -3.09. The van der Waals surface area contributed by atoms with Gasteiger partial charge in [0.2, 0.25) is 0 Å². The van der Waals surface area contributed by atoms with Crippen molar-refractivity contribution in [1.29, 1.82) is 0 Å². The number of amides is 1. The number of piperidine rings is 1. The summed E-state index contributed by atoms with van der Waals surface area (Å²) >= 11 is 0. The van der Waals surface area contributed by atoms with E-state index in [1.54, 1.807) is 35.4 Å². The highest BCUT2D eigenvalue weighted by atomic mass is 16.2. The molecule has 0 N–H and O–H groups in total. The number of rotatable bonds is 4. The minimum absolute atomic E-state index is 0.000482. The SMILES string of the molecule is CC(C)c1cc(=O)n(CC2CCN(C(=O)c3ccc4nccnc4c3)CC2)cn1. The molecule has 2 aromatic heterocycles. The Bertz CT molecular complexity index is 1080. The summed E-state index contributed by atoms with van der Waals surface area (Å²) in [6.07, 6.45) is 6.68. The Balaban J connectivity index is 1.38. The largest absolute Gasteiger partial charge is 0.339 e. The minimum atomic E-state index is -0.000482. The standard InChI is InChI=1S/C22H25N5O2/c1-15(2)19-12-21(28)27(14-25-19)13-16-5-9-26(10-6-16)22(29)17-3-4-18-20(11-17)24-8-7-23-18/h3-4,7-8,11-12,14-16H,5-6,9-10,13H2,1-2H3. The van der Waals surface area contributed by atoms with Crippen molar-refractivity contribution in [2.75, 3.05) is 13.1 Å². The second kappa shape index (κ2) is 8.11. The maximum Gasteiger partial charge on any atom is 0.253 e.